The minimum Gasteiger partial charge on any atom is -0.348 e. The van der Waals surface area contributed by atoms with Crippen molar-refractivity contribution in [3.8, 4) is 0 Å². The summed E-state index contributed by atoms with van der Waals surface area (Å²) in [6, 6.07) is 13.5. The Morgan fingerprint density at radius 1 is 1.22 bits per heavy atom. The fourth-order valence-electron chi connectivity index (χ4n) is 3.18. The molecule has 1 amide bonds. The van der Waals surface area contributed by atoms with Gasteiger partial charge in [0.1, 0.15) is 18.4 Å². The summed E-state index contributed by atoms with van der Waals surface area (Å²) in [7, 11) is 0. The Labute approximate surface area is 160 Å². The van der Waals surface area contributed by atoms with Gasteiger partial charge >= 0.3 is 0 Å². The number of nitrogens with one attached hydrogen (secondary N) is 1. The van der Waals surface area contributed by atoms with Crippen LogP contribution in [0.15, 0.2) is 53.6 Å². The molecule has 3 aromatic heterocycles. The number of benzene rings is 1. The summed E-state index contributed by atoms with van der Waals surface area (Å²) < 4.78 is 4.08. The zero-order valence-electron chi connectivity index (χ0n) is 15.2. The van der Waals surface area contributed by atoms with Crippen molar-refractivity contribution in [2.24, 2.45) is 0 Å². The van der Waals surface area contributed by atoms with Gasteiger partial charge < -0.3 is 5.32 Å². The van der Waals surface area contributed by atoms with Crippen molar-refractivity contribution in [1.82, 2.24) is 19.5 Å². The van der Waals surface area contributed by atoms with Gasteiger partial charge in [-0.05, 0) is 31.0 Å². The third kappa shape index (κ3) is 3.26. The average Bonchev–Trinajstić information content (AvgIpc) is 3.23. The molecule has 0 radical (unpaired) electrons. The lowest BCUT2D eigenvalue weighted by atomic mass is 10.1. The second-order valence-corrected chi connectivity index (χ2v) is 7.68. The molecule has 138 valence electrons. The van der Waals surface area contributed by atoms with Crippen LogP contribution < -0.4 is 10.9 Å². The van der Waals surface area contributed by atoms with Crippen LogP contribution >= 0.6 is 11.3 Å². The van der Waals surface area contributed by atoms with Crippen molar-refractivity contribution in [2.45, 2.75) is 32.9 Å². The highest BCUT2D eigenvalue weighted by Crippen LogP contribution is 2.28. The molecule has 1 aromatic carbocycles. The second-order valence-electron chi connectivity index (χ2n) is 6.51. The van der Waals surface area contributed by atoms with E-state index in [1.54, 1.807) is 22.1 Å². The average molecular weight is 380 g/mol. The number of aryl methyl sites for hydroxylation is 1. The Morgan fingerprint density at radius 2 is 2.00 bits per heavy atom. The van der Waals surface area contributed by atoms with Crippen molar-refractivity contribution in [2.75, 3.05) is 0 Å². The summed E-state index contributed by atoms with van der Waals surface area (Å²) in [5.74, 6) is -0.244. The van der Waals surface area contributed by atoms with Crippen LogP contribution in [0.3, 0.4) is 0 Å². The predicted molar refractivity (Wildman–Crippen MR) is 107 cm³/mol. The first-order valence-electron chi connectivity index (χ1n) is 8.90. The second kappa shape index (κ2) is 7.00. The van der Waals surface area contributed by atoms with E-state index in [4.69, 9.17) is 0 Å². The van der Waals surface area contributed by atoms with Crippen molar-refractivity contribution >= 4 is 33.0 Å². The number of fused-ring (bicyclic) bond motifs is 3. The Balaban J connectivity index is 1.57. The number of thiophene rings is 1. The summed E-state index contributed by atoms with van der Waals surface area (Å²) >= 11 is 1.68. The maximum Gasteiger partial charge on any atom is 0.291 e. The Morgan fingerprint density at radius 3 is 2.74 bits per heavy atom. The maximum atomic E-state index is 12.7. The van der Waals surface area contributed by atoms with Gasteiger partial charge in [-0.15, -0.1) is 11.3 Å². The summed E-state index contributed by atoms with van der Waals surface area (Å²) in [6.07, 6.45) is 2.57. The van der Waals surface area contributed by atoms with E-state index in [1.165, 1.54) is 9.56 Å². The molecule has 7 heteroatoms. The molecule has 0 spiro atoms. The lowest BCUT2D eigenvalue weighted by molar-refractivity contribution is -0.122. The maximum absolute atomic E-state index is 12.7. The van der Waals surface area contributed by atoms with E-state index in [0.717, 1.165) is 22.2 Å². The fourth-order valence-corrected chi connectivity index (χ4v) is 4.21. The minimum atomic E-state index is -0.263. The first-order valence-corrected chi connectivity index (χ1v) is 9.72. The molecular weight excluding hydrogens is 360 g/mol. The van der Waals surface area contributed by atoms with E-state index in [0.29, 0.717) is 5.52 Å². The zero-order valence-corrected chi connectivity index (χ0v) is 16.0. The van der Waals surface area contributed by atoms with Gasteiger partial charge in [0.05, 0.1) is 16.3 Å². The summed E-state index contributed by atoms with van der Waals surface area (Å²) in [6.45, 7) is 3.92. The molecule has 0 saturated heterocycles. The molecule has 3 heterocycles. The normalized spacial score (nSPS) is 12.5. The molecular formula is C20H20N4O2S. The van der Waals surface area contributed by atoms with E-state index in [9.17, 15) is 9.59 Å². The lowest BCUT2D eigenvalue weighted by Crippen LogP contribution is -2.35. The van der Waals surface area contributed by atoms with Gasteiger partial charge in [0.15, 0.2) is 0 Å². The highest BCUT2D eigenvalue weighted by atomic mass is 32.1. The third-order valence-electron chi connectivity index (χ3n) is 4.66. The van der Waals surface area contributed by atoms with E-state index in [1.807, 2.05) is 43.3 Å². The SMILES string of the molecule is CCc1cc2c(cc3c(=O)n(CC(=O)N[C@H](C)c4ccccc4)ncn32)s1. The van der Waals surface area contributed by atoms with Crippen LogP contribution in [0.1, 0.15) is 30.3 Å². The molecule has 0 saturated carbocycles. The van der Waals surface area contributed by atoms with Crippen LogP contribution in [0.4, 0.5) is 0 Å². The number of rotatable bonds is 5. The van der Waals surface area contributed by atoms with E-state index >= 15 is 0 Å². The molecule has 1 atom stereocenters. The number of aromatic nitrogens is 3. The van der Waals surface area contributed by atoms with Crippen molar-refractivity contribution in [1.29, 1.82) is 0 Å². The van der Waals surface area contributed by atoms with Crippen LogP contribution in [0.25, 0.3) is 15.7 Å². The van der Waals surface area contributed by atoms with Crippen LogP contribution in [0.5, 0.6) is 0 Å². The van der Waals surface area contributed by atoms with Crippen molar-refractivity contribution in [3.05, 3.63) is 69.6 Å². The highest BCUT2D eigenvalue weighted by molar-refractivity contribution is 7.19. The first kappa shape index (κ1) is 17.5. The summed E-state index contributed by atoms with van der Waals surface area (Å²) in [5.41, 5.74) is 2.28. The molecule has 0 fully saturated rings. The van der Waals surface area contributed by atoms with Gasteiger partial charge in [-0.1, -0.05) is 37.3 Å². The largest absolute Gasteiger partial charge is 0.348 e. The molecule has 4 rings (SSSR count). The molecule has 6 nitrogen and oxygen atoms in total. The third-order valence-corrected chi connectivity index (χ3v) is 5.87. The van der Waals surface area contributed by atoms with Crippen molar-refractivity contribution in [3.63, 3.8) is 0 Å². The number of hydrogen-bond donors (Lipinski definition) is 1. The topological polar surface area (TPSA) is 68.4 Å². The molecule has 0 bridgehead atoms. The molecule has 0 aliphatic carbocycles. The standard InChI is InChI=1S/C20H20N4O2S/c1-3-15-9-16-18(27-15)10-17-20(26)24(21-12-23(16)17)11-19(25)22-13(2)14-7-5-4-6-8-14/h4-10,12-13H,3,11H2,1-2H3,(H,22,25)/t13-/m1/s1. The predicted octanol–water partition coefficient (Wildman–Crippen LogP) is 3.15. The van der Waals surface area contributed by atoms with Gasteiger partial charge in [0.25, 0.3) is 5.56 Å². The van der Waals surface area contributed by atoms with E-state index < -0.39 is 0 Å². The Bertz CT molecular complexity index is 1170. The first-order chi connectivity index (χ1) is 13.1. The Kier molecular flexibility index (Phi) is 4.53. The van der Waals surface area contributed by atoms with Crippen LogP contribution in [0, 0.1) is 0 Å². The number of hydrogen-bond acceptors (Lipinski definition) is 4. The van der Waals surface area contributed by atoms with Gasteiger partial charge in [-0.3, -0.25) is 14.0 Å². The molecule has 4 aromatic rings. The van der Waals surface area contributed by atoms with Gasteiger partial charge in [0, 0.05) is 4.88 Å². The highest BCUT2D eigenvalue weighted by Gasteiger charge is 2.15. The smallest absolute Gasteiger partial charge is 0.291 e. The number of amides is 1. The molecule has 0 unspecified atom stereocenters. The van der Waals surface area contributed by atoms with Crippen LogP contribution in [0.2, 0.25) is 0 Å². The van der Waals surface area contributed by atoms with Crippen LogP contribution in [-0.4, -0.2) is 20.1 Å². The van der Waals surface area contributed by atoms with Crippen molar-refractivity contribution < 1.29 is 4.79 Å². The lowest BCUT2D eigenvalue weighted by Gasteiger charge is -2.14. The molecule has 27 heavy (non-hydrogen) atoms. The fraction of sp³-hybridized carbons (Fsp3) is 0.250. The summed E-state index contributed by atoms with van der Waals surface area (Å²) in [5, 5.41) is 7.11. The van der Waals surface area contributed by atoms with Crippen LogP contribution in [-0.2, 0) is 17.8 Å². The molecule has 0 aliphatic heterocycles. The van der Waals surface area contributed by atoms with E-state index in [-0.39, 0.29) is 24.1 Å². The monoisotopic (exact) mass is 380 g/mol. The zero-order chi connectivity index (χ0) is 19.0. The number of nitrogens with zero attached hydrogens (tertiary/aromatic N) is 3. The van der Waals surface area contributed by atoms with Gasteiger partial charge in [0.2, 0.25) is 5.91 Å². The molecule has 1 N–H and O–H groups in total. The van der Waals surface area contributed by atoms with Gasteiger partial charge in [-0.2, -0.15) is 5.10 Å². The number of carbonyl (C=O) groups excluding carboxylic acids is 1. The minimum absolute atomic E-state index is 0.106. The Hall–Kier alpha value is -2.93. The van der Waals surface area contributed by atoms with E-state index in [2.05, 4.69) is 23.4 Å². The van der Waals surface area contributed by atoms with Gasteiger partial charge in [-0.25, -0.2) is 4.68 Å². The quantitative estimate of drug-likeness (QED) is 0.578. The summed E-state index contributed by atoms with van der Waals surface area (Å²) in [4.78, 5) is 26.4. The molecule has 0 aliphatic rings. The number of carbonyl (C=O) groups is 1.